The molecule has 0 spiro atoms. The molecule has 1 aliphatic heterocycles. The van der Waals surface area contributed by atoms with Crippen LogP contribution in [0.5, 0.6) is 5.88 Å². The Morgan fingerprint density at radius 1 is 1.21 bits per heavy atom. The summed E-state index contributed by atoms with van der Waals surface area (Å²) in [4.78, 5) is 4.39. The molecule has 1 aromatic rings. The molecule has 104 valence electrons. The van der Waals surface area contributed by atoms with Crippen molar-refractivity contribution in [1.29, 1.82) is 0 Å². The van der Waals surface area contributed by atoms with Gasteiger partial charge in [-0.15, -0.1) is 0 Å². The molecular formula is C16H24N2O. The van der Waals surface area contributed by atoms with Crippen molar-refractivity contribution < 1.29 is 4.74 Å². The predicted octanol–water partition coefficient (Wildman–Crippen LogP) is 2.97. The third-order valence-electron chi connectivity index (χ3n) is 4.93. The van der Waals surface area contributed by atoms with E-state index in [1.165, 1.54) is 44.2 Å². The summed E-state index contributed by atoms with van der Waals surface area (Å²) in [6, 6.07) is 4.22. The van der Waals surface area contributed by atoms with Crippen molar-refractivity contribution in [1.82, 2.24) is 10.3 Å². The van der Waals surface area contributed by atoms with Crippen LogP contribution in [-0.4, -0.2) is 25.2 Å². The lowest BCUT2D eigenvalue weighted by molar-refractivity contribution is 0.230. The summed E-state index contributed by atoms with van der Waals surface area (Å²) in [7, 11) is 1.67. The fraction of sp³-hybridized carbons (Fsp3) is 0.688. The maximum atomic E-state index is 5.16. The lowest BCUT2D eigenvalue weighted by Gasteiger charge is -2.36. The first-order chi connectivity index (χ1) is 9.38. The Balaban J connectivity index is 1.78. The van der Waals surface area contributed by atoms with Crippen molar-refractivity contribution in [3.05, 3.63) is 23.9 Å². The highest BCUT2D eigenvalue weighted by Gasteiger charge is 2.34. The first-order valence-electron chi connectivity index (χ1n) is 7.59. The minimum absolute atomic E-state index is 0.683. The summed E-state index contributed by atoms with van der Waals surface area (Å²) in [6.45, 7) is 2.32. The van der Waals surface area contributed by atoms with E-state index >= 15 is 0 Å². The van der Waals surface area contributed by atoms with Gasteiger partial charge in [0.2, 0.25) is 5.88 Å². The smallest absolute Gasteiger partial charge is 0.212 e. The first kappa shape index (κ1) is 12.9. The summed E-state index contributed by atoms with van der Waals surface area (Å²) < 4.78 is 5.16. The summed E-state index contributed by atoms with van der Waals surface area (Å²) in [6.07, 6.45) is 8.97. The average molecular weight is 260 g/mol. The zero-order chi connectivity index (χ0) is 13.1. The minimum Gasteiger partial charge on any atom is -0.481 e. The number of nitrogens with one attached hydrogen (secondary N) is 1. The number of aromatic nitrogens is 1. The number of nitrogens with zero attached hydrogens (tertiary/aromatic N) is 1. The molecule has 1 saturated heterocycles. The van der Waals surface area contributed by atoms with E-state index in [4.69, 9.17) is 4.74 Å². The van der Waals surface area contributed by atoms with Gasteiger partial charge in [-0.1, -0.05) is 31.7 Å². The van der Waals surface area contributed by atoms with E-state index in [-0.39, 0.29) is 0 Å². The van der Waals surface area contributed by atoms with Crippen molar-refractivity contribution in [3.8, 4) is 5.88 Å². The molecule has 3 nitrogen and oxygen atoms in total. The summed E-state index contributed by atoms with van der Waals surface area (Å²) in [5.74, 6) is 3.12. The van der Waals surface area contributed by atoms with Gasteiger partial charge in [0.15, 0.2) is 0 Å². The SMILES string of the molecule is COc1ccc(C2CCNCC2C2CCCC2)cn1. The highest BCUT2D eigenvalue weighted by atomic mass is 16.5. The monoisotopic (exact) mass is 260 g/mol. The summed E-state index contributed by atoms with van der Waals surface area (Å²) in [5, 5.41) is 3.59. The van der Waals surface area contributed by atoms with E-state index in [2.05, 4.69) is 16.4 Å². The number of pyridine rings is 1. The van der Waals surface area contributed by atoms with Gasteiger partial charge < -0.3 is 10.1 Å². The fourth-order valence-electron chi connectivity index (χ4n) is 3.91. The largest absolute Gasteiger partial charge is 0.481 e. The Hall–Kier alpha value is -1.09. The Labute approximate surface area is 115 Å². The third kappa shape index (κ3) is 2.76. The fourth-order valence-corrected chi connectivity index (χ4v) is 3.91. The van der Waals surface area contributed by atoms with E-state index in [0.29, 0.717) is 5.92 Å². The van der Waals surface area contributed by atoms with Crippen LogP contribution in [0.1, 0.15) is 43.6 Å². The van der Waals surface area contributed by atoms with E-state index in [1.54, 1.807) is 7.11 Å². The molecule has 2 heterocycles. The minimum atomic E-state index is 0.683. The second-order valence-corrected chi connectivity index (χ2v) is 5.94. The standard InChI is InChI=1S/C16H24N2O/c1-19-16-7-6-13(10-18-16)14-8-9-17-11-15(14)12-4-2-3-5-12/h6-7,10,12,14-15,17H,2-5,8-9,11H2,1H3. The lowest BCUT2D eigenvalue weighted by atomic mass is 9.74. The molecule has 3 rings (SSSR count). The van der Waals surface area contributed by atoms with Crippen LogP contribution in [0.4, 0.5) is 0 Å². The van der Waals surface area contributed by atoms with Gasteiger partial charge in [0, 0.05) is 12.3 Å². The molecule has 1 aromatic heterocycles. The van der Waals surface area contributed by atoms with E-state index in [0.717, 1.165) is 24.3 Å². The average Bonchev–Trinajstić information content (AvgIpc) is 3.01. The molecule has 2 aliphatic rings. The molecule has 1 aliphatic carbocycles. The van der Waals surface area contributed by atoms with Crippen LogP contribution in [-0.2, 0) is 0 Å². The maximum absolute atomic E-state index is 5.16. The molecule has 0 bridgehead atoms. The van der Waals surface area contributed by atoms with E-state index in [1.807, 2.05) is 12.3 Å². The first-order valence-corrected chi connectivity index (χ1v) is 7.59. The van der Waals surface area contributed by atoms with Crippen LogP contribution in [0.2, 0.25) is 0 Å². The zero-order valence-electron chi connectivity index (χ0n) is 11.8. The molecule has 1 saturated carbocycles. The second kappa shape index (κ2) is 5.91. The molecule has 3 heteroatoms. The van der Waals surface area contributed by atoms with Crippen LogP contribution < -0.4 is 10.1 Å². The molecule has 0 aromatic carbocycles. The van der Waals surface area contributed by atoms with Crippen LogP contribution in [0.25, 0.3) is 0 Å². The molecular weight excluding hydrogens is 236 g/mol. The summed E-state index contributed by atoms with van der Waals surface area (Å²) in [5.41, 5.74) is 1.40. The van der Waals surface area contributed by atoms with Gasteiger partial charge in [-0.25, -0.2) is 4.98 Å². The maximum Gasteiger partial charge on any atom is 0.212 e. The normalized spacial score (nSPS) is 28.5. The third-order valence-corrected chi connectivity index (χ3v) is 4.93. The van der Waals surface area contributed by atoms with Gasteiger partial charge in [-0.2, -0.15) is 0 Å². The number of rotatable bonds is 3. The van der Waals surface area contributed by atoms with Gasteiger partial charge in [0.05, 0.1) is 7.11 Å². The number of piperidine rings is 1. The predicted molar refractivity (Wildman–Crippen MR) is 76.5 cm³/mol. The Morgan fingerprint density at radius 3 is 2.74 bits per heavy atom. The molecule has 0 radical (unpaired) electrons. The number of ether oxygens (including phenoxy) is 1. The Morgan fingerprint density at radius 2 is 2.05 bits per heavy atom. The molecule has 2 unspecified atom stereocenters. The van der Waals surface area contributed by atoms with Crippen molar-refractivity contribution in [3.63, 3.8) is 0 Å². The quantitative estimate of drug-likeness (QED) is 0.907. The van der Waals surface area contributed by atoms with Gasteiger partial charge >= 0.3 is 0 Å². The van der Waals surface area contributed by atoms with Crippen molar-refractivity contribution >= 4 is 0 Å². The molecule has 2 atom stereocenters. The second-order valence-electron chi connectivity index (χ2n) is 5.94. The Kier molecular flexibility index (Phi) is 4.02. The van der Waals surface area contributed by atoms with Gasteiger partial charge in [0.25, 0.3) is 0 Å². The van der Waals surface area contributed by atoms with Gasteiger partial charge in [-0.05, 0) is 42.8 Å². The number of hydrogen-bond donors (Lipinski definition) is 1. The van der Waals surface area contributed by atoms with Crippen molar-refractivity contribution in [2.24, 2.45) is 11.8 Å². The van der Waals surface area contributed by atoms with Crippen LogP contribution in [0.15, 0.2) is 18.3 Å². The van der Waals surface area contributed by atoms with Crippen molar-refractivity contribution in [2.45, 2.75) is 38.0 Å². The molecule has 1 N–H and O–H groups in total. The van der Waals surface area contributed by atoms with Gasteiger partial charge in [0.1, 0.15) is 0 Å². The topological polar surface area (TPSA) is 34.1 Å². The lowest BCUT2D eigenvalue weighted by Crippen LogP contribution is -2.38. The highest BCUT2D eigenvalue weighted by Crippen LogP contribution is 2.41. The highest BCUT2D eigenvalue weighted by molar-refractivity contribution is 5.23. The number of methoxy groups -OCH3 is 1. The molecule has 2 fully saturated rings. The Bertz CT molecular complexity index is 398. The van der Waals surface area contributed by atoms with Crippen LogP contribution in [0.3, 0.4) is 0 Å². The summed E-state index contributed by atoms with van der Waals surface area (Å²) >= 11 is 0. The van der Waals surface area contributed by atoms with E-state index < -0.39 is 0 Å². The van der Waals surface area contributed by atoms with Crippen LogP contribution in [0, 0.1) is 11.8 Å². The van der Waals surface area contributed by atoms with Crippen LogP contribution >= 0.6 is 0 Å². The van der Waals surface area contributed by atoms with E-state index in [9.17, 15) is 0 Å². The van der Waals surface area contributed by atoms with Gasteiger partial charge in [-0.3, -0.25) is 0 Å². The zero-order valence-corrected chi connectivity index (χ0v) is 11.8. The van der Waals surface area contributed by atoms with Crippen molar-refractivity contribution in [2.75, 3.05) is 20.2 Å². The molecule has 0 amide bonds. The number of hydrogen-bond acceptors (Lipinski definition) is 3. The molecule has 19 heavy (non-hydrogen) atoms.